The van der Waals surface area contributed by atoms with Crippen molar-refractivity contribution in [1.29, 1.82) is 0 Å². The Morgan fingerprint density at radius 3 is 1.63 bits per heavy atom. The lowest BCUT2D eigenvalue weighted by Crippen LogP contribution is -2.12. The maximum Gasteiger partial charge on any atom is 0.530 e. The number of hydrogen-bond acceptors (Lipinski definition) is 11. The van der Waals surface area contributed by atoms with E-state index in [1.807, 2.05) is 43.3 Å². The molecule has 13 heteroatoms. The molecule has 0 aromatic heterocycles. The summed E-state index contributed by atoms with van der Waals surface area (Å²) in [5.74, 6) is 0.557. The fraction of sp³-hybridized carbons (Fsp3) is 0.179. The summed E-state index contributed by atoms with van der Waals surface area (Å²) in [7, 11) is -3.17. The topological polar surface area (TPSA) is 125 Å². The highest BCUT2D eigenvalue weighted by molar-refractivity contribution is 7.87. The van der Waals surface area contributed by atoms with Gasteiger partial charge in [-0.3, -0.25) is 9.05 Å². The molecule has 52 heavy (non-hydrogen) atoms. The van der Waals surface area contributed by atoms with Crippen molar-refractivity contribution in [1.82, 2.24) is 0 Å². The zero-order valence-electron chi connectivity index (χ0n) is 29.3. The fourth-order valence-corrected chi connectivity index (χ4v) is 7.08. The SMILES string of the molecule is COc1cc(/C=C/c2ccc(OC)c(OS(=O)(=O)c3ccc(C)cc3)c2OP(=O)(OCc2ccccc2)OCc2ccccc2)cc(OC)c1OC. The van der Waals surface area contributed by atoms with Gasteiger partial charge in [-0.1, -0.05) is 90.5 Å². The smallest absolute Gasteiger partial charge is 0.493 e. The number of phosphoric ester groups is 1. The predicted molar refractivity (Wildman–Crippen MR) is 198 cm³/mol. The molecule has 0 radical (unpaired) electrons. The van der Waals surface area contributed by atoms with Crippen LogP contribution in [0.25, 0.3) is 12.2 Å². The van der Waals surface area contributed by atoms with Gasteiger partial charge in [-0.25, -0.2) is 4.57 Å². The van der Waals surface area contributed by atoms with Crippen molar-refractivity contribution < 1.29 is 49.7 Å². The van der Waals surface area contributed by atoms with E-state index in [0.717, 1.165) is 5.56 Å². The average molecular weight is 747 g/mol. The molecule has 5 aromatic rings. The Kier molecular flexibility index (Phi) is 12.6. The minimum absolute atomic E-state index is 0.0201. The standard InChI is InChI=1S/C39H39O11PS/c1-28-16-21-33(22-17-28)52(41,42)50-39-34(43-2)23-20-32(19-18-31-24-35(44-3)38(46-5)36(25-31)45-4)37(39)49-51(40,47-26-29-12-8-6-9-13-29)48-27-30-14-10-7-11-15-30/h6-25H,26-27H2,1-5H3/b19-18+. The third-order valence-electron chi connectivity index (χ3n) is 7.64. The fourth-order valence-electron chi connectivity index (χ4n) is 4.93. The molecule has 0 bridgehead atoms. The lowest BCUT2D eigenvalue weighted by molar-refractivity contribution is 0.142. The van der Waals surface area contributed by atoms with Crippen LogP contribution in [0.4, 0.5) is 0 Å². The Hall–Kier alpha value is -5.26. The molecule has 0 N–H and O–H groups in total. The Morgan fingerprint density at radius 2 is 1.13 bits per heavy atom. The van der Waals surface area contributed by atoms with Gasteiger partial charge in [0.15, 0.2) is 23.0 Å². The van der Waals surface area contributed by atoms with Crippen molar-refractivity contribution in [3.63, 3.8) is 0 Å². The van der Waals surface area contributed by atoms with Crippen molar-refractivity contribution in [2.24, 2.45) is 0 Å². The summed E-state index contributed by atoms with van der Waals surface area (Å²) in [5, 5.41) is 0. The monoisotopic (exact) mass is 746 g/mol. The molecular formula is C39H39O11PS. The minimum atomic E-state index is -4.55. The molecule has 0 saturated carbocycles. The normalized spacial score (nSPS) is 11.6. The van der Waals surface area contributed by atoms with Gasteiger partial charge in [-0.2, -0.15) is 8.42 Å². The van der Waals surface area contributed by atoms with E-state index in [1.165, 1.54) is 46.6 Å². The number of benzene rings is 5. The molecule has 5 aromatic carbocycles. The number of ether oxygens (including phenoxy) is 4. The predicted octanol–water partition coefficient (Wildman–Crippen LogP) is 8.89. The number of methoxy groups -OCH3 is 4. The van der Waals surface area contributed by atoms with E-state index in [4.69, 9.17) is 36.7 Å². The highest BCUT2D eigenvalue weighted by Crippen LogP contribution is 2.56. The highest BCUT2D eigenvalue weighted by Gasteiger charge is 2.34. The van der Waals surface area contributed by atoms with Crippen LogP contribution in [0.2, 0.25) is 0 Å². The number of hydrogen-bond donors (Lipinski definition) is 0. The molecule has 0 aliphatic carbocycles. The summed E-state index contributed by atoms with van der Waals surface area (Å²) in [5.41, 5.74) is 3.11. The van der Waals surface area contributed by atoms with E-state index < -0.39 is 17.9 Å². The molecule has 0 aliphatic heterocycles. The van der Waals surface area contributed by atoms with Gasteiger partial charge in [-0.15, -0.1) is 0 Å². The van der Waals surface area contributed by atoms with Crippen LogP contribution in [0.1, 0.15) is 27.8 Å². The van der Waals surface area contributed by atoms with Crippen LogP contribution >= 0.6 is 7.82 Å². The van der Waals surface area contributed by atoms with Crippen LogP contribution < -0.4 is 27.7 Å². The van der Waals surface area contributed by atoms with Gasteiger partial charge in [-0.05, 0) is 60.0 Å². The molecule has 0 aliphatic rings. The summed E-state index contributed by atoms with van der Waals surface area (Å²) < 4.78 is 87.8. The molecule has 272 valence electrons. The molecule has 0 unspecified atom stereocenters. The van der Waals surface area contributed by atoms with E-state index >= 15 is 0 Å². The maximum absolute atomic E-state index is 14.6. The average Bonchev–Trinajstić information content (AvgIpc) is 3.17. The van der Waals surface area contributed by atoms with Crippen LogP contribution in [0.5, 0.6) is 34.5 Å². The first-order chi connectivity index (χ1) is 25.1. The van der Waals surface area contributed by atoms with Crippen molar-refractivity contribution in [2.45, 2.75) is 25.0 Å². The second kappa shape index (κ2) is 17.3. The molecular weight excluding hydrogens is 707 g/mol. The first-order valence-electron chi connectivity index (χ1n) is 15.9. The van der Waals surface area contributed by atoms with Crippen LogP contribution in [0.3, 0.4) is 0 Å². The summed E-state index contributed by atoms with van der Waals surface area (Å²) >= 11 is 0. The van der Waals surface area contributed by atoms with Gasteiger partial charge in [0.05, 0.1) is 41.7 Å². The molecule has 0 heterocycles. The first kappa shape index (κ1) is 38.0. The van der Waals surface area contributed by atoms with E-state index in [1.54, 1.807) is 66.7 Å². The van der Waals surface area contributed by atoms with Crippen LogP contribution in [0, 0.1) is 6.92 Å². The minimum Gasteiger partial charge on any atom is -0.493 e. The molecule has 0 amide bonds. The quantitative estimate of drug-likeness (QED) is 0.0515. The van der Waals surface area contributed by atoms with Gasteiger partial charge in [0.25, 0.3) is 0 Å². The zero-order chi connectivity index (χ0) is 37.1. The first-order valence-corrected chi connectivity index (χ1v) is 18.8. The molecule has 0 spiro atoms. The van der Waals surface area contributed by atoms with Crippen LogP contribution in [-0.2, 0) is 36.9 Å². The Bertz CT molecular complexity index is 2060. The van der Waals surface area contributed by atoms with E-state index in [-0.39, 0.29) is 40.9 Å². The van der Waals surface area contributed by atoms with Crippen LogP contribution in [-0.4, -0.2) is 36.9 Å². The lowest BCUT2D eigenvalue weighted by atomic mass is 10.1. The van der Waals surface area contributed by atoms with Crippen molar-refractivity contribution in [3.05, 3.63) is 137 Å². The van der Waals surface area contributed by atoms with Crippen molar-refractivity contribution >= 4 is 30.1 Å². The summed E-state index contributed by atoms with van der Waals surface area (Å²) in [6, 6.07) is 30.8. The van der Waals surface area contributed by atoms with E-state index in [9.17, 15) is 13.0 Å². The van der Waals surface area contributed by atoms with Crippen LogP contribution in [0.15, 0.2) is 114 Å². The number of aryl methyl sites for hydroxylation is 1. The Labute approximate surface area is 304 Å². The second-order valence-corrected chi connectivity index (χ2v) is 14.4. The zero-order valence-corrected chi connectivity index (χ0v) is 31.0. The highest BCUT2D eigenvalue weighted by atomic mass is 32.2. The third-order valence-corrected chi connectivity index (χ3v) is 10.2. The van der Waals surface area contributed by atoms with E-state index in [2.05, 4.69) is 0 Å². The molecule has 5 rings (SSSR count). The molecule has 11 nitrogen and oxygen atoms in total. The molecule has 0 atom stereocenters. The Balaban J connectivity index is 1.64. The molecule has 0 fully saturated rings. The maximum atomic E-state index is 14.6. The third kappa shape index (κ3) is 9.54. The summed E-state index contributed by atoms with van der Waals surface area (Å²) in [6.07, 6.45) is 3.30. The van der Waals surface area contributed by atoms with Gasteiger partial charge < -0.3 is 27.7 Å². The Morgan fingerprint density at radius 1 is 0.596 bits per heavy atom. The molecule has 0 saturated heterocycles. The number of phosphoric acid groups is 1. The lowest BCUT2D eigenvalue weighted by Gasteiger charge is -2.22. The van der Waals surface area contributed by atoms with Crippen molar-refractivity contribution in [2.75, 3.05) is 28.4 Å². The van der Waals surface area contributed by atoms with Gasteiger partial charge in [0.2, 0.25) is 11.5 Å². The second-order valence-electron chi connectivity index (χ2n) is 11.2. The summed E-state index contributed by atoms with van der Waals surface area (Å²) in [6.45, 7) is 1.54. The number of rotatable bonds is 17. The van der Waals surface area contributed by atoms with Gasteiger partial charge in [0.1, 0.15) is 4.90 Å². The van der Waals surface area contributed by atoms with Gasteiger partial charge in [0, 0.05) is 5.56 Å². The summed E-state index contributed by atoms with van der Waals surface area (Å²) in [4.78, 5) is -0.117. The largest absolute Gasteiger partial charge is 0.530 e. The van der Waals surface area contributed by atoms with Gasteiger partial charge >= 0.3 is 17.9 Å². The van der Waals surface area contributed by atoms with Crippen molar-refractivity contribution in [3.8, 4) is 34.5 Å². The van der Waals surface area contributed by atoms with E-state index in [0.29, 0.717) is 33.9 Å².